The van der Waals surface area contributed by atoms with Gasteiger partial charge in [0.15, 0.2) is 0 Å². The average molecular weight is 260 g/mol. The van der Waals surface area contributed by atoms with Gasteiger partial charge in [0.05, 0.1) is 12.3 Å². The molecule has 0 spiro atoms. The second kappa shape index (κ2) is 6.13. The Balaban J connectivity index is 2.22. The van der Waals surface area contributed by atoms with Gasteiger partial charge in [-0.25, -0.2) is 18.1 Å². The molecule has 1 rings (SSSR count). The molecule has 1 heterocycles. The number of hydrogen-bond acceptors (Lipinski definition) is 4. The van der Waals surface area contributed by atoms with Crippen LogP contribution < -0.4 is 10.0 Å². The number of nitrogens with one attached hydrogen (secondary N) is 2. The van der Waals surface area contributed by atoms with E-state index in [0.29, 0.717) is 6.54 Å². The van der Waals surface area contributed by atoms with Crippen molar-refractivity contribution in [3.63, 3.8) is 0 Å². The highest BCUT2D eigenvalue weighted by Crippen LogP contribution is 2.07. The van der Waals surface area contributed by atoms with E-state index in [4.69, 9.17) is 0 Å². The summed E-state index contributed by atoms with van der Waals surface area (Å²) in [4.78, 5) is 4.24. The van der Waals surface area contributed by atoms with E-state index in [9.17, 15) is 8.42 Å². The third kappa shape index (κ3) is 5.29. The summed E-state index contributed by atoms with van der Waals surface area (Å²) in [6, 6.07) is 0.160. The van der Waals surface area contributed by atoms with Crippen LogP contribution in [0, 0.1) is 0 Å². The van der Waals surface area contributed by atoms with Crippen molar-refractivity contribution in [2.75, 3.05) is 19.3 Å². The highest BCUT2D eigenvalue weighted by molar-refractivity contribution is 7.88. The molecule has 1 aromatic heterocycles. The van der Waals surface area contributed by atoms with Crippen LogP contribution in [0.1, 0.15) is 25.2 Å². The molecule has 0 aliphatic rings. The maximum Gasteiger partial charge on any atom is 0.208 e. The monoisotopic (exact) mass is 260 g/mol. The molecule has 1 aromatic rings. The number of rotatable bonds is 7. The molecule has 0 amide bonds. The Morgan fingerprint density at radius 3 is 2.71 bits per heavy atom. The first-order valence-corrected chi connectivity index (χ1v) is 7.44. The molecule has 0 fully saturated rings. The predicted molar refractivity (Wildman–Crippen MR) is 67.1 cm³/mol. The van der Waals surface area contributed by atoms with Crippen LogP contribution in [0.15, 0.2) is 12.4 Å². The summed E-state index contributed by atoms with van der Waals surface area (Å²) < 4.78 is 26.0. The number of aryl methyl sites for hydroxylation is 1. The van der Waals surface area contributed by atoms with E-state index in [0.717, 1.165) is 25.0 Å². The molecule has 2 N–H and O–H groups in total. The highest BCUT2D eigenvalue weighted by Gasteiger charge is 2.08. The first-order valence-electron chi connectivity index (χ1n) is 5.55. The summed E-state index contributed by atoms with van der Waals surface area (Å²) in [5.74, 6) is 0.973. The summed E-state index contributed by atoms with van der Waals surface area (Å²) in [5.41, 5.74) is 0. The second-order valence-electron chi connectivity index (χ2n) is 4.09. The van der Waals surface area contributed by atoms with Gasteiger partial charge in [-0.05, 0) is 19.9 Å². The van der Waals surface area contributed by atoms with Crippen molar-refractivity contribution in [1.29, 1.82) is 0 Å². The highest BCUT2D eigenvalue weighted by atomic mass is 32.2. The number of nitrogens with zero attached hydrogens (tertiary/aromatic N) is 2. The Bertz CT molecular complexity index is 441. The minimum atomic E-state index is -3.07. The predicted octanol–water partition coefficient (Wildman–Crippen LogP) is 0.0100. The SMILES string of the molecule is CC(NCCCNS(C)(=O)=O)c1nccn1C. The second-order valence-corrected chi connectivity index (χ2v) is 5.93. The van der Waals surface area contributed by atoms with E-state index >= 15 is 0 Å². The molecule has 6 nitrogen and oxygen atoms in total. The van der Waals surface area contributed by atoms with Crippen LogP contribution in [0.25, 0.3) is 0 Å². The maximum atomic E-state index is 10.8. The summed E-state index contributed by atoms with van der Waals surface area (Å²) in [7, 11) is -1.12. The zero-order valence-corrected chi connectivity index (χ0v) is 11.3. The van der Waals surface area contributed by atoms with Crippen LogP contribution in [0.3, 0.4) is 0 Å². The fraction of sp³-hybridized carbons (Fsp3) is 0.700. The molecule has 1 atom stereocenters. The van der Waals surface area contributed by atoms with Crippen LogP contribution in [-0.2, 0) is 17.1 Å². The van der Waals surface area contributed by atoms with Crippen LogP contribution in [-0.4, -0.2) is 37.3 Å². The smallest absolute Gasteiger partial charge is 0.208 e. The third-order valence-corrected chi connectivity index (χ3v) is 3.14. The van der Waals surface area contributed by atoms with Crippen molar-refractivity contribution in [1.82, 2.24) is 19.6 Å². The Morgan fingerprint density at radius 1 is 1.47 bits per heavy atom. The minimum Gasteiger partial charge on any atom is -0.337 e. The lowest BCUT2D eigenvalue weighted by Gasteiger charge is -2.13. The van der Waals surface area contributed by atoms with Gasteiger partial charge in [-0.15, -0.1) is 0 Å². The summed E-state index contributed by atoms with van der Waals surface area (Å²) in [6.45, 7) is 3.24. The van der Waals surface area contributed by atoms with Gasteiger partial charge in [0.2, 0.25) is 10.0 Å². The molecule has 0 bridgehead atoms. The molecule has 0 aliphatic carbocycles. The fourth-order valence-corrected chi connectivity index (χ4v) is 2.07. The van der Waals surface area contributed by atoms with Crippen molar-refractivity contribution in [2.45, 2.75) is 19.4 Å². The number of aromatic nitrogens is 2. The van der Waals surface area contributed by atoms with Gasteiger partial charge in [-0.1, -0.05) is 0 Å². The molecular weight excluding hydrogens is 240 g/mol. The summed E-state index contributed by atoms with van der Waals surface area (Å²) in [5, 5.41) is 3.29. The van der Waals surface area contributed by atoms with Crippen LogP contribution in [0.4, 0.5) is 0 Å². The summed E-state index contributed by atoms with van der Waals surface area (Å²) >= 11 is 0. The van der Waals surface area contributed by atoms with E-state index in [1.165, 1.54) is 0 Å². The van der Waals surface area contributed by atoms with Gasteiger partial charge in [0.25, 0.3) is 0 Å². The van der Waals surface area contributed by atoms with Gasteiger partial charge < -0.3 is 9.88 Å². The van der Waals surface area contributed by atoms with E-state index in [-0.39, 0.29) is 6.04 Å². The molecule has 0 saturated heterocycles. The summed E-state index contributed by atoms with van der Waals surface area (Å²) in [6.07, 6.45) is 5.58. The van der Waals surface area contributed by atoms with E-state index in [2.05, 4.69) is 15.0 Å². The molecule has 0 aromatic carbocycles. The Labute approximate surface area is 102 Å². The van der Waals surface area contributed by atoms with Crippen molar-refractivity contribution in [2.24, 2.45) is 7.05 Å². The molecule has 0 saturated carbocycles. The molecule has 0 aliphatic heterocycles. The van der Waals surface area contributed by atoms with Crippen molar-refractivity contribution in [3.8, 4) is 0 Å². The topological polar surface area (TPSA) is 76.0 Å². The third-order valence-electron chi connectivity index (χ3n) is 2.41. The van der Waals surface area contributed by atoms with Gasteiger partial charge >= 0.3 is 0 Å². The quantitative estimate of drug-likeness (QED) is 0.677. The van der Waals surface area contributed by atoms with Crippen LogP contribution in [0.2, 0.25) is 0 Å². The van der Waals surface area contributed by atoms with Crippen molar-refractivity contribution < 1.29 is 8.42 Å². The van der Waals surface area contributed by atoms with Crippen molar-refractivity contribution in [3.05, 3.63) is 18.2 Å². The van der Waals surface area contributed by atoms with E-state index < -0.39 is 10.0 Å². The number of sulfonamides is 1. The molecule has 0 radical (unpaired) electrons. The maximum absolute atomic E-state index is 10.8. The van der Waals surface area contributed by atoms with E-state index in [1.54, 1.807) is 6.20 Å². The molecule has 17 heavy (non-hydrogen) atoms. The zero-order valence-electron chi connectivity index (χ0n) is 10.5. The molecule has 7 heteroatoms. The molecule has 98 valence electrons. The lowest BCUT2D eigenvalue weighted by Crippen LogP contribution is -2.28. The van der Waals surface area contributed by atoms with Crippen LogP contribution >= 0.6 is 0 Å². The lowest BCUT2D eigenvalue weighted by atomic mass is 10.3. The lowest BCUT2D eigenvalue weighted by molar-refractivity contribution is 0.517. The zero-order chi connectivity index (χ0) is 12.9. The molecule has 1 unspecified atom stereocenters. The fourth-order valence-electron chi connectivity index (χ4n) is 1.55. The Morgan fingerprint density at radius 2 is 2.18 bits per heavy atom. The van der Waals surface area contributed by atoms with Gasteiger partial charge in [0.1, 0.15) is 5.82 Å². The largest absolute Gasteiger partial charge is 0.337 e. The Hall–Kier alpha value is -0.920. The normalized spacial score (nSPS) is 13.8. The number of hydrogen-bond donors (Lipinski definition) is 2. The first-order chi connectivity index (χ1) is 7.90. The standard InChI is InChI=1S/C10H20N4O2S/c1-9(10-12-7-8-14(10)2)11-5-4-6-13-17(3,15)16/h7-9,11,13H,4-6H2,1-3H3. The Kier molecular flexibility index (Phi) is 5.10. The number of imidazole rings is 1. The van der Waals surface area contributed by atoms with Gasteiger partial charge in [0, 0.05) is 26.0 Å². The van der Waals surface area contributed by atoms with Crippen molar-refractivity contribution >= 4 is 10.0 Å². The minimum absolute atomic E-state index is 0.160. The average Bonchev–Trinajstić information content (AvgIpc) is 2.62. The van der Waals surface area contributed by atoms with Gasteiger partial charge in [-0.2, -0.15) is 0 Å². The molecular formula is C10H20N4O2S. The van der Waals surface area contributed by atoms with E-state index in [1.807, 2.05) is 24.7 Å². The van der Waals surface area contributed by atoms with Gasteiger partial charge in [-0.3, -0.25) is 0 Å². The van der Waals surface area contributed by atoms with Crippen LogP contribution in [0.5, 0.6) is 0 Å². The first kappa shape index (κ1) is 14.1.